The lowest BCUT2D eigenvalue weighted by Crippen LogP contribution is -2.30. The molecule has 2 amide bonds. The third-order valence-corrected chi connectivity index (χ3v) is 3.97. The van der Waals surface area contributed by atoms with Crippen LogP contribution < -0.4 is 20.1 Å². The van der Waals surface area contributed by atoms with Crippen LogP contribution in [0.25, 0.3) is 0 Å². The van der Waals surface area contributed by atoms with Crippen molar-refractivity contribution in [1.82, 2.24) is 0 Å². The summed E-state index contributed by atoms with van der Waals surface area (Å²) in [5.74, 6) is 0.184. The van der Waals surface area contributed by atoms with Gasteiger partial charge in [0.15, 0.2) is 11.5 Å². The van der Waals surface area contributed by atoms with Gasteiger partial charge in [-0.2, -0.15) is 0 Å². The molecule has 0 unspecified atom stereocenters. The van der Waals surface area contributed by atoms with Crippen LogP contribution in [-0.4, -0.2) is 26.0 Å². The van der Waals surface area contributed by atoms with E-state index in [0.29, 0.717) is 22.9 Å². The van der Waals surface area contributed by atoms with E-state index in [0.717, 1.165) is 5.56 Å². The number of amides is 2. The molecule has 0 aromatic heterocycles. The molecule has 6 nitrogen and oxygen atoms in total. The highest BCUT2D eigenvalue weighted by atomic mass is 16.5. The number of fused-ring (bicyclic) bond motifs is 1. The topological polar surface area (TPSA) is 76.7 Å². The molecule has 0 saturated heterocycles. The molecule has 1 aliphatic rings. The molecule has 1 atom stereocenters. The van der Waals surface area contributed by atoms with Gasteiger partial charge < -0.3 is 20.1 Å². The Bertz CT molecular complexity index is 788. The fourth-order valence-electron chi connectivity index (χ4n) is 2.79. The van der Waals surface area contributed by atoms with Crippen molar-refractivity contribution in [2.75, 3.05) is 24.9 Å². The third-order valence-electron chi connectivity index (χ3n) is 3.97. The molecule has 0 spiro atoms. The second-order valence-electron chi connectivity index (χ2n) is 5.45. The number of ether oxygens (including phenoxy) is 2. The van der Waals surface area contributed by atoms with Gasteiger partial charge in [0.05, 0.1) is 20.1 Å². The van der Waals surface area contributed by atoms with Crippen LogP contribution in [-0.2, 0) is 9.59 Å². The molecular formula is C18H18N2O4. The van der Waals surface area contributed by atoms with Crippen molar-refractivity contribution >= 4 is 23.2 Å². The summed E-state index contributed by atoms with van der Waals surface area (Å²) in [6.07, 6.45) is 0.121. The van der Waals surface area contributed by atoms with E-state index in [2.05, 4.69) is 10.6 Å². The first-order chi connectivity index (χ1) is 11.6. The number of benzene rings is 2. The first-order valence-electron chi connectivity index (χ1n) is 7.54. The van der Waals surface area contributed by atoms with Gasteiger partial charge in [-0.05, 0) is 23.8 Å². The van der Waals surface area contributed by atoms with Crippen LogP contribution in [0.3, 0.4) is 0 Å². The second-order valence-corrected chi connectivity index (χ2v) is 5.45. The molecule has 0 bridgehead atoms. The fraction of sp³-hybridized carbons (Fsp3) is 0.222. The highest BCUT2D eigenvalue weighted by Crippen LogP contribution is 2.34. The molecule has 2 N–H and O–H groups in total. The van der Waals surface area contributed by atoms with E-state index in [1.54, 1.807) is 31.4 Å². The minimum atomic E-state index is -0.525. The van der Waals surface area contributed by atoms with Crippen LogP contribution in [0.15, 0.2) is 42.5 Å². The molecule has 0 saturated carbocycles. The van der Waals surface area contributed by atoms with E-state index in [-0.39, 0.29) is 18.2 Å². The average Bonchev–Trinajstić information content (AvgIpc) is 2.60. The summed E-state index contributed by atoms with van der Waals surface area (Å²) < 4.78 is 10.4. The molecule has 24 heavy (non-hydrogen) atoms. The normalized spacial score (nSPS) is 15.9. The summed E-state index contributed by atoms with van der Waals surface area (Å²) in [7, 11) is 3.08. The number of rotatable bonds is 4. The molecule has 3 rings (SSSR count). The van der Waals surface area contributed by atoms with Gasteiger partial charge in [-0.25, -0.2) is 0 Å². The maximum atomic E-state index is 12.7. The van der Waals surface area contributed by atoms with Crippen LogP contribution in [0, 0.1) is 0 Å². The van der Waals surface area contributed by atoms with Gasteiger partial charge in [0.25, 0.3) is 0 Å². The maximum Gasteiger partial charge on any atom is 0.232 e. The predicted octanol–water partition coefficient (Wildman–Crippen LogP) is 2.77. The van der Waals surface area contributed by atoms with E-state index < -0.39 is 5.92 Å². The molecule has 2 aromatic rings. The molecule has 2 aromatic carbocycles. The zero-order valence-corrected chi connectivity index (χ0v) is 13.5. The number of anilines is 2. The monoisotopic (exact) mass is 326 g/mol. The lowest BCUT2D eigenvalue weighted by Gasteiger charge is -2.24. The Morgan fingerprint density at radius 3 is 2.62 bits per heavy atom. The van der Waals surface area contributed by atoms with Crippen LogP contribution in [0.2, 0.25) is 0 Å². The Balaban J connectivity index is 1.84. The van der Waals surface area contributed by atoms with E-state index in [4.69, 9.17) is 9.47 Å². The minimum absolute atomic E-state index is 0.121. The van der Waals surface area contributed by atoms with Crippen molar-refractivity contribution in [3.63, 3.8) is 0 Å². The quantitative estimate of drug-likeness (QED) is 0.906. The molecular weight excluding hydrogens is 308 g/mol. The van der Waals surface area contributed by atoms with Gasteiger partial charge >= 0.3 is 0 Å². The Kier molecular flexibility index (Phi) is 4.37. The highest BCUT2D eigenvalue weighted by molar-refractivity contribution is 6.05. The second kappa shape index (κ2) is 6.62. The minimum Gasteiger partial charge on any atom is -0.493 e. The molecule has 6 heteroatoms. The lowest BCUT2D eigenvalue weighted by molar-refractivity contribution is -0.123. The zero-order chi connectivity index (χ0) is 17.1. The summed E-state index contributed by atoms with van der Waals surface area (Å²) in [5.41, 5.74) is 2.08. The van der Waals surface area contributed by atoms with Crippen LogP contribution in [0.1, 0.15) is 17.9 Å². The van der Waals surface area contributed by atoms with Crippen LogP contribution in [0.4, 0.5) is 11.4 Å². The van der Waals surface area contributed by atoms with Crippen LogP contribution in [0.5, 0.6) is 11.5 Å². The number of carbonyl (C=O) groups is 2. The molecule has 1 heterocycles. The number of para-hydroxylation sites is 1. The number of carbonyl (C=O) groups excluding carboxylic acids is 2. The van der Waals surface area contributed by atoms with Crippen molar-refractivity contribution in [2.24, 2.45) is 0 Å². The first kappa shape index (κ1) is 15.9. The van der Waals surface area contributed by atoms with Crippen molar-refractivity contribution in [1.29, 1.82) is 0 Å². The first-order valence-corrected chi connectivity index (χ1v) is 7.54. The number of hydrogen-bond donors (Lipinski definition) is 2. The van der Waals surface area contributed by atoms with Gasteiger partial charge in [-0.3, -0.25) is 9.59 Å². The lowest BCUT2D eigenvalue weighted by atomic mass is 9.90. The maximum absolute atomic E-state index is 12.7. The smallest absolute Gasteiger partial charge is 0.232 e. The van der Waals surface area contributed by atoms with Gasteiger partial charge in [0.1, 0.15) is 0 Å². The van der Waals surface area contributed by atoms with E-state index in [1.165, 1.54) is 7.11 Å². The Hall–Kier alpha value is -3.02. The Morgan fingerprint density at radius 1 is 1.12 bits per heavy atom. The molecule has 0 aliphatic carbocycles. The largest absolute Gasteiger partial charge is 0.493 e. The molecule has 0 radical (unpaired) electrons. The summed E-state index contributed by atoms with van der Waals surface area (Å²) in [6.45, 7) is 0. The van der Waals surface area contributed by atoms with E-state index >= 15 is 0 Å². The highest BCUT2D eigenvalue weighted by Gasteiger charge is 2.30. The standard InChI is InChI=1S/C18H18N2O4/c1-23-15-8-7-11(9-16(15)24-2)19-18(22)13-10-17(21)20-14-6-4-3-5-12(13)14/h3-9,13H,10H2,1-2H3,(H,19,22)(H,20,21)/t13-/m0/s1. The van der Waals surface area contributed by atoms with Crippen molar-refractivity contribution in [3.8, 4) is 11.5 Å². The summed E-state index contributed by atoms with van der Waals surface area (Å²) in [5, 5.41) is 5.63. The SMILES string of the molecule is COc1ccc(NC(=O)[C@H]2CC(=O)Nc3ccccc32)cc1OC. The number of methoxy groups -OCH3 is 2. The van der Waals surface area contributed by atoms with Crippen LogP contribution >= 0.6 is 0 Å². The molecule has 124 valence electrons. The zero-order valence-electron chi connectivity index (χ0n) is 13.5. The number of nitrogens with one attached hydrogen (secondary N) is 2. The molecule has 0 fully saturated rings. The van der Waals surface area contributed by atoms with E-state index in [1.807, 2.05) is 18.2 Å². The predicted molar refractivity (Wildman–Crippen MR) is 90.6 cm³/mol. The summed E-state index contributed by atoms with van der Waals surface area (Å²) in [6, 6.07) is 12.5. The van der Waals surface area contributed by atoms with Gasteiger partial charge in [0, 0.05) is 23.9 Å². The Labute approximate surface area is 139 Å². The third kappa shape index (κ3) is 3.03. The Morgan fingerprint density at radius 2 is 1.88 bits per heavy atom. The van der Waals surface area contributed by atoms with E-state index in [9.17, 15) is 9.59 Å². The average molecular weight is 326 g/mol. The summed E-state index contributed by atoms with van der Waals surface area (Å²) in [4.78, 5) is 24.5. The fourth-order valence-corrected chi connectivity index (χ4v) is 2.79. The molecule has 1 aliphatic heterocycles. The van der Waals surface area contributed by atoms with Gasteiger partial charge in [-0.1, -0.05) is 18.2 Å². The van der Waals surface area contributed by atoms with Gasteiger partial charge in [0.2, 0.25) is 11.8 Å². The van der Waals surface area contributed by atoms with Crippen molar-refractivity contribution in [2.45, 2.75) is 12.3 Å². The van der Waals surface area contributed by atoms with Crippen molar-refractivity contribution < 1.29 is 19.1 Å². The summed E-state index contributed by atoms with van der Waals surface area (Å²) >= 11 is 0. The van der Waals surface area contributed by atoms with Crippen molar-refractivity contribution in [3.05, 3.63) is 48.0 Å². The number of hydrogen-bond acceptors (Lipinski definition) is 4. The van der Waals surface area contributed by atoms with Gasteiger partial charge in [-0.15, -0.1) is 0 Å².